The molecule has 1 saturated heterocycles. The van der Waals surface area contributed by atoms with E-state index in [2.05, 4.69) is 4.98 Å². The largest absolute Gasteiger partial charge is 0.394 e. The number of thioether (sulfide) groups is 1. The highest BCUT2D eigenvalue weighted by molar-refractivity contribution is 7.97. The maximum Gasteiger partial charge on any atom is 0.351 e. The van der Waals surface area contributed by atoms with E-state index in [0.29, 0.717) is 4.57 Å². The van der Waals surface area contributed by atoms with Gasteiger partial charge in [-0.25, -0.2) is 13.6 Å². The summed E-state index contributed by atoms with van der Waals surface area (Å²) in [5, 5.41) is 8.83. The van der Waals surface area contributed by atoms with E-state index in [4.69, 9.17) is 15.6 Å². The van der Waals surface area contributed by atoms with Gasteiger partial charge in [0.15, 0.2) is 17.9 Å². The summed E-state index contributed by atoms with van der Waals surface area (Å²) < 4.78 is 32.5. The smallest absolute Gasteiger partial charge is 0.351 e. The fraction of sp³-hybridized carbons (Fsp3) is 0.636. The second-order valence-corrected chi connectivity index (χ2v) is 4.97. The molecule has 114 valence electrons. The van der Waals surface area contributed by atoms with Crippen LogP contribution in [-0.4, -0.2) is 46.1 Å². The molecule has 2 heterocycles. The lowest BCUT2D eigenvalue weighted by Gasteiger charge is -2.16. The first kappa shape index (κ1) is 16.9. The lowest BCUT2D eigenvalue weighted by molar-refractivity contribution is -0.0397. The van der Waals surface area contributed by atoms with Gasteiger partial charge in [0.25, 0.3) is 0 Å². The molecule has 20 heavy (non-hydrogen) atoms. The highest BCUT2D eigenvalue weighted by atomic mass is 32.2. The maximum absolute atomic E-state index is 13.5. The van der Waals surface area contributed by atoms with E-state index in [1.807, 2.05) is 12.5 Å². The molecule has 1 fully saturated rings. The van der Waals surface area contributed by atoms with Crippen LogP contribution >= 0.6 is 11.8 Å². The van der Waals surface area contributed by atoms with E-state index in [9.17, 15) is 13.6 Å². The molecule has 0 amide bonds. The highest BCUT2D eigenvalue weighted by Gasteiger charge is 2.37. The number of anilines is 1. The van der Waals surface area contributed by atoms with Crippen LogP contribution in [0, 0.1) is 5.82 Å². The van der Waals surface area contributed by atoms with Gasteiger partial charge in [-0.05, 0) is 12.5 Å². The topological polar surface area (TPSA) is 90.4 Å². The number of aromatic nitrogens is 2. The van der Waals surface area contributed by atoms with Gasteiger partial charge in [-0.3, -0.25) is 4.57 Å². The van der Waals surface area contributed by atoms with E-state index >= 15 is 0 Å². The lowest BCUT2D eigenvalue weighted by Crippen LogP contribution is -2.31. The SMILES string of the molecule is CSC.Nc1nc(=O)n(C2OC(CO)CC2F)cc1F. The van der Waals surface area contributed by atoms with Crippen molar-refractivity contribution in [3.05, 3.63) is 22.5 Å². The molecule has 2 rings (SSSR count). The molecule has 1 aliphatic rings. The normalized spacial score (nSPS) is 25.1. The second kappa shape index (κ2) is 7.55. The van der Waals surface area contributed by atoms with Crippen molar-refractivity contribution >= 4 is 17.6 Å². The van der Waals surface area contributed by atoms with Crippen molar-refractivity contribution in [2.45, 2.75) is 24.9 Å². The Morgan fingerprint density at radius 3 is 2.75 bits per heavy atom. The van der Waals surface area contributed by atoms with Gasteiger partial charge in [-0.1, -0.05) is 0 Å². The average Bonchev–Trinajstić information content (AvgIpc) is 2.76. The van der Waals surface area contributed by atoms with Crippen LogP contribution < -0.4 is 11.4 Å². The summed E-state index contributed by atoms with van der Waals surface area (Å²) in [4.78, 5) is 14.6. The molecule has 9 heteroatoms. The Labute approximate surface area is 118 Å². The first-order valence-electron chi connectivity index (χ1n) is 5.79. The quantitative estimate of drug-likeness (QED) is 0.830. The number of hydrogen-bond acceptors (Lipinski definition) is 6. The minimum absolute atomic E-state index is 0.0560. The third-order valence-electron chi connectivity index (χ3n) is 2.54. The Kier molecular flexibility index (Phi) is 6.37. The summed E-state index contributed by atoms with van der Waals surface area (Å²) in [6.45, 7) is -0.365. The minimum atomic E-state index is -1.50. The van der Waals surface area contributed by atoms with Crippen LogP contribution in [0.25, 0.3) is 0 Å². The van der Waals surface area contributed by atoms with Crippen LogP contribution in [0.3, 0.4) is 0 Å². The number of aliphatic hydroxyl groups is 1. The molecule has 0 bridgehead atoms. The number of alkyl halides is 1. The van der Waals surface area contributed by atoms with Crippen LogP contribution in [0.5, 0.6) is 0 Å². The predicted molar refractivity (Wildman–Crippen MR) is 72.8 cm³/mol. The molecule has 1 aromatic heterocycles. The van der Waals surface area contributed by atoms with Crippen LogP contribution in [-0.2, 0) is 4.74 Å². The molecule has 3 unspecified atom stereocenters. The first-order chi connectivity index (χ1) is 9.44. The van der Waals surface area contributed by atoms with Gasteiger partial charge >= 0.3 is 5.69 Å². The zero-order chi connectivity index (χ0) is 15.3. The van der Waals surface area contributed by atoms with E-state index < -0.39 is 35.8 Å². The Morgan fingerprint density at radius 1 is 1.65 bits per heavy atom. The summed E-state index contributed by atoms with van der Waals surface area (Å²) in [7, 11) is 0. The van der Waals surface area contributed by atoms with Crippen molar-refractivity contribution < 1.29 is 18.6 Å². The van der Waals surface area contributed by atoms with Crippen LogP contribution in [0.15, 0.2) is 11.0 Å². The summed E-state index contributed by atoms with van der Waals surface area (Å²) in [5.41, 5.74) is 4.21. The number of nitrogen functional groups attached to an aromatic ring is 1. The van der Waals surface area contributed by atoms with Crippen molar-refractivity contribution in [1.82, 2.24) is 9.55 Å². The molecule has 0 aromatic carbocycles. The second-order valence-electron chi connectivity index (χ2n) is 4.16. The van der Waals surface area contributed by atoms with Crippen molar-refractivity contribution in [2.24, 2.45) is 0 Å². The Morgan fingerprint density at radius 2 is 2.25 bits per heavy atom. The van der Waals surface area contributed by atoms with Crippen LogP contribution in [0.1, 0.15) is 12.6 Å². The molecule has 0 spiro atoms. The molecule has 3 N–H and O–H groups in total. The Balaban J connectivity index is 0.000000612. The van der Waals surface area contributed by atoms with Gasteiger partial charge in [0.1, 0.15) is 6.17 Å². The van der Waals surface area contributed by atoms with Crippen LogP contribution in [0.2, 0.25) is 0 Å². The average molecular weight is 309 g/mol. The summed E-state index contributed by atoms with van der Waals surface area (Å²) >= 11 is 1.75. The summed E-state index contributed by atoms with van der Waals surface area (Å²) in [5.74, 6) is -1.47. The van der Waals surface area contributed by atoms with E-state index in [1.165, 1.54) is 0 Å². The van der Waals surface area contributed by atoms with Gasteiger partial charge in [0.05, 0.1) is 18.9 Å². The van der Waals surface area contributed by atoms with Gasteiger partial charge in [-0.15, -0.1) is 0 Å². The van der Waals surface area contributed by atoms with Gasteiger partial charge in [-0.2, -0.15) is 16.7 Å². The molecule has 0 aliphatic carbocycles. The Hall–Kier alpha value is -1.19. The fourth-order valence-electron chi connectivity index (χ4n) is 1.70. The zero-order valence-corrected chi connectivity index (χ0v) is 11.9. The molecule has 6 nitrogen and oxygen atoms in total. The van der Waals surface area contributed by atoms with E-state index in [0.717, 1.165) is 6.20 Å². The Bertz CT molecular complexity index is 500. The highest BCUT2D eigenvalue weighted by Crippen LogP contribution is 2.30. The van der Waals surface area contributed by atoms with Gasteiger partial charge < -0.3 is 15.6 Å². The number of aliphatic hydroxyl groups excluding tert-OH is 1. The lowest BCUT2D eigenvalue weighted by atomic mass is 10.2. The molecular formula is C11H17F2N3O3S. The third-order valence-corrected chi connectivity index (χ3v) is 2.54. The van der Waals surface area contributed by atoms with Crippen molar-refractivity contribution in [3.8, 4) is 0 Å². The third kappa shape index (κ3) is 3.90. The predicted octanol–water partition coefficient (Wildman–Crippen LogP) is 0.562. The van der Waals surface area contributed by atoms with Crippen molar-refractivity contribution in [1.29, 1.82) is 0 Å². The molecule has 3 atom stereocenters. The molecular weight excluding hydrogens is 292 g/mol. The number of halogens is 2. The standard InChI is InChI=1S/C9H11F2N3O3.C2H6S/c10-5-1-4(3-15)17-8(5)14-2-6(11)7(12)13-9(14)16;1-3-2/h2,4-5,8,15H,1,3H2,(H2,12,13,16);1-2H3. The number of ether oxygens (including phenoxy) is 1. The van der Waals surface area contributed by atoms with Gasteiger partial charge in [0, 0.05) is 6.42 Å². The molecule has 0 saturated carbocycles. The maximum atomic E-state index is 13.5. The van der Waals surface area contributed by atoms with Crippen molar-refractivity contribution in [3.63, 3.8) is 0 Å². The summed E-state index contributed by atoms with van der Waals surface area (Å²) in [6, 6.07) is 0. The monoisotopic (exact) mass is 309 g/mol. The number of nitrogens with two attached hydrogens (primary N) is 1. The first-order valence-corrected chi connectivity index (χ1v) is 7.42. The molecule has 1 aromatic rings. The number of nitrogens with zero attached hydrogens (tertiary/aromatic N) is 2. The zero-order valence-electron chi connectivity index (χ0n) is 11.1. The number of hydrogen-bond donors (Lipinski definition) is 2. The van der Waals surface area contributed by atoms with Gasteiger partial charge in [0.2, 0.25) is 0 Å². The molecule has 1 aliphatic heterocycles. The van der Waals surface area contributed by atoms with Crippen molar-refractivity contribution in [2.75, 3.05) is 24.9 Å². The van der Waals surface area contributed by atoms with E-state index in [1.54, 1.807) is 11.8 Å². The van der Waals surface area contributed by atoms with E-state index in [-0.39, 0.29) is 13.0 Å². The number of rotatable bonds is 2. The summed E-state index contributed by atoms with van der Waals surface area (Å²) in [6.07, 6.45) is 1.29. The molecule has 0 radical (unpaired) electrons. The van der Waals surface area contributed by atoms with Crippen LogP contribution in [0.4, 0.5) is 14.6 Å². The fourth-order valence-corrected chi connectivity index (χ4v) is 1.70. The minimum Gasteiger partial charge on any atom is -0.394 e.